The maximum Gasteiger partial charge on any atom is 0.416 e. The Labute approximate surface area is 204 Å². The van der Waals surface area contributed by atoms with Gasteiger partial charge in [-0.2, -0.15) is 13.2 Å². The van der Waals surface area contributed by atoms with Crippen molar-refractivity contribution < 1.29 is 40.6 Å². The van der Waals surface area contributed by atoms with Crippen molar-refractivity contribution in [2.75, 3.05) is 10.8 Å². The molecule has 190 valence electrons. The molecule has 1 unspecified atom stereocenters. The second-order valence-electron chi connectivity index (χ2n) is 8.20. The Morgan fingerprint density at radius 3 is 2.64 bits per heavy atom. The number of aromatic nitrogens is 1. The summed E-state index contributed by atoms with van der Waals surface area (Å²) >= 11 is 0. The zero-order chi connectivity index (χ0) is 26.3. The summed E-state index contributed by atoms with van der Waals surface area (Å²) in [5.74, 6) is -1.62. The summed E-state index contributed by atoms with van der Waals surface area (Å²) < 4.78 is 87.6. The molecule has 36 heavy (non-hydrogen) atoms. The van der Waals surface area contributed by atoms with Crippen molar-refractivity contribution >= 4 is 21.7 Å². The number of aliphatic carboxylic acids is 1. The van der Waals surface area contributed by atoms with Crippen molar-refractivity contribution in [3.63, 3.8) is 0 Å². The van der Waals surface area contributed by atoms with E-state index in [1.165, 1.54) is 18.2 Å². The second kappa shape index (κ2) is 9.41. The van der Waals surface area contributed by atoms with E-state index < -0.39 is 44.5 Å². The number of ether oxygens (including phenoxy) is 1. The predicted molar refractivity (Wildman–Crippen MR) is 122 cm³/mol. The van der Waals surface area contributed by atoms with Crippen LogP contribution in [0.5, 0.6) is 5.75 Å². The van der Waals surface area contributed by atoms with E-state index in [1.807, 2.05) is 0 Å². The lowest BCUT2D eigenvalue weighted by atomic mass is 10.0. The molecule has 0 fully saturated rings. The Bertz CT molecular complexity index is 1430. The van der Waals surface area contributed by atoms with Crippen molar-refractivity contribution in [1.29, 1.82) is 0 Å². The number of carboxylic acids is 1. The summed E-state index contributed by atoms with van der Waals surface area (Å²) in [6.45, 7) is 1.31. The van der Waals surface area contributed by atoms with Crippen molar-refractivity contribution in [2.45, 2.75) is 36.9 Å². The number of aryl methyl sites for hydroxylation is 1. The topological polar surface area (TPSA) is 96.8 Å². The highest BCUT2D eigenvalue weighted by Gasteiger charge is 2.37. The van der Waals surface area contributed by atoms with E-state index in [2.05, 4.69) is 4.98 Å². The van der Waals surface area contributed by atoms with Gasteiger partial charge in [0, 0.05) is 17.7 Å². The van der Waals surface area contributed by atoms with Gasteiger partial charge in [-0.25, -0.2) is 12.8 Å². The number of nitrogens with zero attached hydrogens (tertiary/aromatic N) is 2. The number of anilines is 1. The summed E-state index contributed by atoms with van der Waals surface area (Å²) in [5, 5.41) is 9.03. The number of sulfonamides is 1. The fourth-order valence-corrected chi connectivity index (χ4v) is 5.45. The third-order valence-electron chi connectivity index (χ3n) is 5.68. The van der Waals surface area contributed by atoms with E-state index in [9.17, 15) is 30.8 Å². The minimum absolute atomic E-state index is 0.0279. The standard InChI is InChI=1S/C24H20F4N2O5S/c1-14-20(11-17(25)12-29-14)15-5-7-22-21(9-15)30(13-18(35-22)6-8-23(31)32)36(33,34)19-4-2-3-16(10-19)24(26,27)28/h2-5,7,9-12,18H,6,8,13H2,1H3,(H,31,32). The number of benzene rings is 2. The molecule has 12 heteroatoms. The molecular weight excluding hydrogens is 504 g/mol. The Kier molecular flexibility index (Phi) is 6.65. The molecule has 2 aromatic carbocycles. The van der Waals surface area contributed by atoms with E-state index in [-0.39, 0.29) is 30.8 Å². The number of hydrogen-bond acceptors (Lipinski definition) is 5. The highest BCUT2D eigenvalue weighted by atomic mass is 32.2. The third-order valence-corrected chi connectivity index (χ3v) is 7.46. The molecule has 2 heterocycles. The lowest BCUT2D eigenvalue weighted by Gasteiger charge is -2.36. The van der Waals surface area contributed by atoms with Crippen LogP contribution in [0.2, 0.25) is 0 Å². The fourth-order valence-electron chi connectivity index (χ4n) is 3.90. The van der Waals surface area contributed by atoms with Gasteiger partial charge in [0.15, 0.2) is 0 Å². The number of pyridine rings is 1. The largest absolute Gasteiger partial charge is 0.486 e. The fraction of sp³-hybridized carbons (Fsp3) is 0.250. The van der Waals surface area contributed by atoms with Crippen molar-refractivity contribution in [2.24, 2.45) is 0 Å². The first-order valence-electron chi connectivity index (χ1n) is 10.7. The van der Waals surface area contributed by atoms with E-state index in [1.54, 1.807) is 13.0 Å². The highest BCUT2D eigenvalue weighted by molar-refractivity contribution is 7.92. The predicted octanol–water partition coefficient (Wildman–Crippen LogP) is 5.04. The maximum absolute atomic E-state index is 13.9. The van der Waals surface area contributed by atoms with Crippen molar-refractivity contribution in [3.8, 4) is 16.9 Å². The van der Waals surface area contributed by atoms with Crippen LogP contribution in [0.15, 0.2) is 59.6 Å². The molecule has 1 aliphatic rings. The Balaban J connectivity index is 1.83. The number of carboxylic acid groups (broad SMARTS) is 1. The molecule has 1 aromatic heterocycles. The maximum atomic E-state index is 13.9. The summed E-state index contributed by atoms with van der Waals surface area (Å²) in [6.07, 6.45) is -4.91. The first-order chi connectivity index (χ1) is 16.9. The number of alkyl halides is 3. The molecule has 0 saturated carbocycles. The van der Waals surface area contributed by atoms with E-state index in [0.717, 1.165) is 28.7 Å². The van der Waals surface area contributed by atoms with Crippen LogP contribution in [0.3, 0.4) is 0 Å². The van der Waals surface area contributed by atoms with Crippen LogP contribution in [0.4, 0.5) is 23.2 Å². The molecule has 3 aromatic rings. The first kappa shape index (κ1) is 25.4. The third kappa shape index (κ3) is 5.13. The van der Waals surface area contributed by atoms with E-state index in [0.29, 0.717) is 22.9 Å². The van der Waals surface area contributed by atoms with Crippen LogP contribution in [-0.4, -0.2) is 37.1 Å². The summed E-state index contributed by atoms with van der Waals surface area (Å²) in [4.78, 5) is 14.4. The van der Waals surface area contributed by atoms with E-state index >= 15 is 0 Å². The minimum atomic E-state index is -4.76. The summed E-state index contributed by atoms with van der Waals surface area (Å²) in [7, 11) is -4.53. The summed E-state index contributed by atoms with van der Waals surface area (Å²) in [5.41, 5.74) is 0.173. The number of carbonyl (C=O) groups is 1. The van der Waals surface area contributed by atoms with Crippen molar-refractivity contribution in [1.82, 2.24) is 4.98 Å². The molecule has 0 radical (unpaired) electrons. The molecule has 0 spiro atoms. The normalized spacial score (nSPS) is 15.8. The number of hydrogen-bond donors (Lipinski definition) is 1. The highest BCUT2D eigenvalue weighted by Crippen LogP contribution is 2.41. The molecule has 0 amide bonds. The Morgan fingerprint density at radius 1 is 1.19 bits per heavy atom. The van der Waals surface area contributed by atoms with Crippen LogP contribution < -0.4 is 9.04 Å². The van der Waals surface area contributed by atoms with Gasteiger partial charge in [0.2, 0.25) is 0 Å². The smallest absolute Gasteiger partial charge is 0.416 e. The van der Waals surface area contributed by atoms with Gasteiger partial charge < -0.3 is 9.84 Å². The van der Waals surface area contributed by atoms with Gasteiger partial charge in [-0.1, -0.05) is 12.1 Å². The number of rotatable bonds is 6. The average molecular weight is 524 g/mol. The number of halogens is 4. The Hall–Kier alpha value is -3.67. The molecule has 1 atom stereocenters. The van der Waals surface area contributed by atoms with Crippen molar-refractivity contribution in [3.05, 3.63) is 71.8 Å². The van der Waals surface area contributed by atoms with Gasteiger partial charge >= 0.3 is 12.1 Å². The zero-order valence-corrected chi connectivity index (χ0v) is 19.6. The molecule has 0 saturated heterocycles. The van der Waals surface area contributed by atoms with E-state index in [4.69, 9.17) is 9.84 Å². The van der Waals surface area contributed by atoms with Crippen LogP contribution in [0.25, 0.3) is 11.1 Å². The van der Waals surface area contributed by atoms with Gasteiger partial charge in [0.1, 0.15) is 17.7 Å². The summed E-state index contributed by atoms with van der Waals surface area (Å²) in [6, 6.07) is 9.04. The molecule has 1 aliphatic heterocycles. The SMILES string of the molecule is Cc1ncc(F)cc1-c1ccc2c(c1)N(S(=O)(=O)c1cccc(C(F)(F)F)c1)CC(CCC(=O)O)O2. The van der Waals surface area contributed by atoms with Gasteiger partial charge in [-0.3, -0.25) is 14.1 Å². The molecular formula is C24H20F4N2O5S. The molecule has 7 nitrogen and oxygen atoms in total. The average Bonchev–Trinajstić information content (AvgIpc) is 2.83. The number of fused-ring (bicyclic) bond motifs is 1. The monoisotopic (exact) mass is 524 g/mol. The minimum Gasteiger partial charge on any atom is -0.486 e. The van der Waals surface area contributed by atoms with Gasteiger partial charge in [-0.05, 0) is 55.3 Å². The Morgan fingerprint density at radius 2 is 1.94 bits per heavy atom. The van der Waals surface area contributed by atoms with Crippen LogP contribution in [-0.2, 0) is 21.0 Å². The van der Waals surface area contributed by atoms with Crippen LogP contribution >= 0.6 is 0 Å². The van der Waals surface area contributed by atoms with Gasteiger partial charge in [0.25, 0.3) is 10.0 Å². The molecule has 1 N–H and O–H groups in total. The zero-order valence-electron chi connectivity index (χ0n) is 18.8. The molecule has 0 bridgehead atoms. The first-order valence-corrected chi connectivity index (χ1v) is 12.2. The molecule has 4 rings (SSSR count). The van der Waals surface area contributed by atoms with Gasteiger partial charge in [0.05, 0.1) is 28.9 Å². The quantitative estimate of drug-likeness (QED) is 0.454. The lowest BCUT2D eigenvalue weighted by Crippen LogP contribution is -2.43. The van der Waals surface area contributed by atoms with Crippen LogP contribution in [0.1, 0.15) is 24.1 Å². The van der Waals surface area contributed by atoms with Gasteiger partial charge in [-0.15, -0.1) is 0 Å². The molecule has 0 aliphatic carbocycles. The second-order valence-corrected chi connectivity index (χ2v) is 10.1. The van der Waals surface area contributed by atoms with Crippen LogP contribution in [0, 0.1) is 12.7 Å². The lowest BCUT2D eigenvalue weighted by molar-refractivity contribution is -0.138.